The highest BCUT2D eigenvalue weighted by Gasteiger charge is 2.32. The van der Waals surface area contributed by atoms with Crippen molar-refractivity contribution in [2.24, 2.45) is 17.8 Å². The van der Waals surface area contributed by atoms with Gasteiger partial charge in [0.15, 0.2) is 0 Å². The van der Waals surface area contributed by atoms with E-state index in [0.717, 1.165) is 12.5 Å². The first kappa shape index (κ1) is 11.0. The summed E-state index contributed by atoms with van der Waals surface area (Å²) in [6.45, 7) is 8.07. The molecule has 0 aromatic heterocycles. The van der Waals surface area contributed by atoms with Gasteiger partial charge in [0.2, 0.25) is 0 Å². The lowest BCUT2D eigenvalue weighted by atomic mass is 9.73. The second kappa shape index (κ2) is 4.97. The van der Waals surface area contributed by atoms with Crippen molar-refractivity contribution in [3.63, 3.8) is 0 Å². The van der Waals surface area contributed by atoms with Crippen molar-refractivity contribution in [1.29, 1.82) is 0 Å². The van der Waals surface area contributed by atoms with Gasteiger partial charge in [0, 0.05) is 12.6 Å². The van der Waals surface area contributed by atoms with Crippen molar-refractivity contribution in [2.45, 2.75) is 39.7 Å². The first-order valence-corrected chi connectivity index (χ1v) is 5.53. The van der Waals surface area contributed by atoms with E-state index in [-0.39, 0.29) is 0 Å². The van der Waals surface area contributed by atoms with E-state index in [9.17, 15) is 5.11 Å². The Kier molecular flexibility index (Phi) is 4.20. The minimum Gasteiger partial charge on any atom is -0.396 e. The van der Waals surface area contributed by atoms with E-state index in [0.29, 0.717) is 24.5 Å². The molecule has 1 aliphatic carbocycles. The molecular weight excluding hydrogens is 162 g/mol. The average Bonchev–Trinajstić information content (AvgIpc) is 2.04. The lowest BCUT2D eigenvalue weighted by molar-refractivity contribution is 0.0868. The smallest absolute Gasteiger partial charge is 0.0476 e. The van der Waals surface area contributed by atoms with Crippen LogP contribution in [0.2, 0.25) is 0 Å². The van der Waals surface area contributed by atoms with E-state index in [4.69, 9.17) is 0 Å². The molecule has 78 valence electrons. The predicted molar refractivity (Wildman–Crippen MR) is 55.6 cm³/mol. The molecular formula is C11H23NO. The molecule has 0 aliphatic heterocycles. The normalized spacial score (nSPS) is 40.6. The maximum absolute atomic E-state index is 9.30. The highest BCUT2D eigenvalue weighted by Crippen LogP contribution is 2.33. The third-order valence-corrected chi connectivity index (χ3v) is 3.36. The lowest BCUT2D eigenvalue weighted by Gasteiger charge is -2.39. The summed E-state index contributed by atoms with van der Waals surface area (Å²) in [5.74, 6) is 1.94. The Labute approximate surface area is 81.7 Å². The van der Waals surface area contributed by atoms with Gasteiger partial charge < -0.3 is 10.4 Å². The molecule has 0 spiro atoms. The maximum atomic E-state index is 9.30. The Morgan fingerprint density at radius 1 is 1.31 bits per heavy atom. The molecule has 1 aliphatic rings. The SMILES string of the molecule is CCNC1CC(C)CC(C)C1CO. The van der Waals surface area contributed by atoms with E-state index in [2.05, 4.69) is 26.1 Å². The van der Waals surface area contributed by atoms with Crippen LogP contribution in [-0.4, -0.2) is 24.3 Å². The van der Waals surface area contributed by atoms with Gasteiger partial charge in [-0.15, -0.1) is 0 Å². The monoisotopic (exact) mass is 185 g/mol. The Bertz CT molecular complexity index is 149. The van der Waals surface area contributed by atoms with Crippen molar-refractivity contribution in [3.8, 4) is 0 Å². The number of hydrogen-bond acceptors (Lipinski definition) is 2. The van der Waals surface area contributed by atoms with Crippen LogP contribution >= 0.6 is 0 Å². The number of aliphatic hydroxyl groups is 1. The van der Waals surface area contributed by atoms with E-state index >= 15 is 0 Å². The molecule has 0 heterocycles. The standard InChI is InChI=1S/C11H23NO/c1-4-12-11-6-8(2)5-9(3)10(11)7-13/h8-13H,4-7H2,1-3H3. The Morgan fingerprint density at radius 3 is 2.54 bits per heavy atom. The number of rotatable bonds is 3. The van der Waals surface area contributed by atoms with Crippen LogP contribution in [0.1, 0.15) is 33.6 Å². The highest BCUT2D eigenvalue weighted by molar-refractivity contribution is 4.86. The summed E-state index contributed by atoms with van der Waals surface area (Å²) in [4.78, 5) is 0. The molecule has 0 bridgehead atoms. The Balaban J connectivity index is 2.54. The lowest BCUT2D eigenvalue weighted by Crippen LogP contribution is -2.45. The van der Waals surface area contributed by atoms with Crippen LogP contribution in [0.15, 0.2) is 0 Å². The van der Waals surface area contributed by atoms with Gasteiger partial charge >= 0.3 is 0 Å². The molecule has 2 nitrogen and oxygen atoms in total. The van der Waals surface area contributed by atoms with Crippen LogP contribution in [0.4, 0.5) is 0 Å². The zero-order valence-corrected chi connectivity index (χ0v) is 9.09. The molecule has 0 aromatic carbocycles. The number of aliphatic hydroxyl groups excluding tert-OH is 1. The van der Waals surface area contributed by atoms with Crippen molar-refractivity contribution < 1.29 is 5.11 Å². The largest absolute Gasteiger partial charge is 0.396 e. The first-order chi connectivity index (χ1) is 6.19. The summed E-state index contributed by atoms with van der Waals surface area (Å²) < 4.78 is 0. The van der Waals surface area contributed by atoms with Crippen LogP contribution in [-0.2, 0) is 0 Å². The van der Waals surface area contributed by atoms with Crippen LogP contribution in [0.25, 0.3) is 0 Å². The molecule has 0 amide bonds. The van der Waals surface area contributed by atoms with Gasteiger partial charge in [0.25, 0.3) is 0 Å². The molecule has 0 aromatic rings. The third kappa shape index (κ3) is 2.68. The molecule has 4 atom stereocenters. The Hall–Kier alpha value is -0.0800. The summed E-state index contributed by atoms with van der Waals surface area (Å²) in [5.41, 5.74) is 0. The van der Waals surface area contributed by atoms with E-state index in [1.165, 1.54) is 12.8 Å². The molecule has 4 unspecified atom stereocenters. The summed E-state index contributed by atoms with van der Waals surface area (Å²) >= 11 is 0. The van der Waals surface area contributed by atoms with Gasteiger partial charge in [0.1, 0.15) is 0 Å². The molecule has 13 heavy (non-hydrogen) atoms. The molecule has 1 rings (SSSR count). The van der Waals surface area contributed by atoms with Gasteiger partial charge in [-0.05, 0) is 37.1 Å². The van der Waals surface area contributed by atoms with Gasteiger partial charge in [0.05, 0.1) is 0 Å². The molecule has 1 fully saturated rings. The average molecular weight is 185 g/mol. The Morgan fingerprint density at radius 2 is 2.00 bits per heavy atom. The highest BCUT2D eigenvalue weighted by atomic mass is 16.3. The fourth-order valence-electron chi connectivity index (χ4n) is 2.71. The van der Waals surface area contributed by atoms with Crippen molar-refractivity contribution in [3.05, 3.63) is 0 Å². The summed E-state index contributed by atoms with van der Waals surface area (Å²) in [7, 11) is 0. The maximum Gasteiger partial charge on any atom is 0.0476 e. The minimum absolute atomic E-state index is 0.339. The van der Waals surface area contributed by atoms with Crippen LogP contribution in [0.5, 0.6) is 0 Å². The number of nitrogens with one attached hydrogen (secondary N) is 1. The van der Waals surface area contributed by atoms with E-state index < -0.39 is 0 Å². The number of hydrogen-bond donors (Lipinski definition) is 2. The predicted octanol–water partition coefficient (Wildman–Crippen LogP) is 1.64. The zero-order chi connectivity index (χ0) is 9.84. The second-order valence-corrected chi connectivity index (χ2v) is 4.56. The fourth-order valence-corrected chi connectivity index (χ4v) is 2.71. The molecule has 1 saturated carbocycles. The van der Waals surface area contributed by atoms with Crippen molar-refractivity contribution in [2.75, 3.05) is 13.2 Å². The topological polar surface area (TPSA) is 32.3 Å². The quantitative estimate of drug-likeness (QED) is 0.700. The zero-order valence-electron chi connectivity index (χ0n) is 9.09. The second-order valence-electron chi connectivity index (χ2n) is 4.56. The first-order valence-electron chi connectivity index (χ1n) is 5.53. The van der Waals surface area contributed by atoms with Crippen molar-refractivity contribution in [1.82, 2.24) is 5.32 Å². The van der Waals surface area contributed by atoms with Gasteiger partial charge in [-0.2, -0.15) is 0 Å². The summed E-state index contributed by atoms with van der Waals surface area (Å²) in [6, 6.07) is 0.536. The van der Waals surface area contributed by atoms with Crippen LogP contribution < -0.4 is 5.32 Å². The van der Waals surface area contributed by atoms with Gasteiger partial charge in [-0.3, -0.25) is 0 Å². The minimum atomic E-state index is 0.339. The molecule has 0 radical (unpaired) electrons. The van der Waals surface area contributed by atoms with Gasteiger partial charge in [-0.1, -0.05) is 20.8 Å². The van der Waals surface area contributed by atoms with Crippen LogP contribution in [0.3, 0.4) is 0 Å². The fraction of sp³-hybridized carbons (Fsp3) is 1.00. The van der Waals surface area contributed by atoms with Gasteiger partial charge in [-0.25, -0.2) is 0 Å². The summed E-state index contributed by atoms with van der Waals surface area (Å²) in [5, 5.41) is 12.8. The summed E-state index contributed by atoms with van der Waals surface area (Å²) in [6.07, 6.45) is 2.50. The molecule has 2 heteroatoms. The van der Waals surface area contributed by atoms with Crippen LogP contribution in [0, 0.1) is 17.8 Å². The van der Waals surface area contributed by atoms with E-state index in [1.807, 2.05) is 0 Å². The molecule has 0 saturated heterocycles. The third-order valence-electron chi connectivity index (χ3n) is 3.36. The van der Waals surface area contributed by atoms with E-state index in [1.54, 1.807) is 0 Å². The van der Waals surface area contributed by atoms with Crippen molar-refractivity contribution >= 4 is 0 Å². The molecule has 2 N–H and O–H groups in total.